The van der Waals surface area contributed by atoms with E-state index in [0.717, 1.165) is 35.0 Å². The van der Waals surface area contributed by atoms with Crippen LogP contribution in [0, 0.1) is 0 Å². The predicted octanol–water partition coefficient (Wildman–Crippen LogP) is 2.67. The minimum Gasteiger partial charge on any atom is -0.369 e. The Kier molecular flexibility index (Phi) is 6.84. The molecule has 2 aromatic rings. The van der Waals surface area contributed by atoms with Gasteiger partial charge in [0.15, 0.2) is 10.8 Å². The lowest BCUT2D eigenvalue weighted by atomic mass is 10.3. The van der Waals surface area contributed by atoms with Gasteiger partial charge in [0.25, 0.3) is 0 Å². The number of thioether (sulfide) groups is 1. The molecular formula is C16H26N6OS. The number of carbonyl (C=O) groups excluding carboxylic acids is 1. The molecule has 0 fully saturated rings. The Balaban J connectivity index is 2.27. The van der Waals surface area contributed by atoms with Gasteiger partial charge in [-0.15, -0.1) is 0 Å². The first kappa shape index (κ1) is 18.5. The van der Waals surface area contributed by atoms with Gasteiger partial charge in [0, 0.05) is 24.8 Å². The maximum Gasteiger partial charge on any atom is 0.219 e. The summed E-state index contributed by atoms with van der Waals surface area (Å²) in [5, 5.41) is 12.7. The first-order valence-electron chi connectivity index (χ1n) is 8.45. The molecule has 2 aromatic heterocycles. The second-order valence-electron chi connectivity index (χ2n) is 5.76. The minimum absolute atomic E-state index is 0.0439. The summed E-state index contributed by atoms with van der Waals surface area (Å²) in [6.07, 6.45) is 3.30. The van der Waals surface area contributed by atoms with Crippen LogP contribution < -0.4 is 10.6 Å². The third-order valence-electron chi connectivity index (χ3n) is 3.33. The Morgan fingerprint density at radius 3 is 2.75 bits per heavy atom. The Bertz CT molecular complexity index is 685. The molecule has 0 saturated heterocycles. The standard InChI is InChI=1S/C16H26N6OS/c1-5-7-18-14-12-10-19-22(9-8-17-13(23)6-2)15(12)21-16(20-14)24-11(3)4/h10-11H,5-9H2,1-4H3,(H,17,23)(H,18,20,21). The largest absolute Gasteiger partial charge is 0.369 e. The van der Waals surface area contributed by atoms with Crippen LogP contribution in [0.1, 0.15) is 40.5 Å². The van der Waals surface area contributed by atoms with Crippen LogP contribution in [0.4, 0.5) is 5.82 Å². The van der Waals surface area contributed by atoms with Gasteiger partial charge in [0.1, 0.15) is 5.82 Å². The highest BCUT2D eigenvalue weighted by Gasteiger charge is 2.14. The van der Waals surface area contributed by atoms with Crippen molar-refractivity contribution in [1.29, 1.82) is 0 Å². The number of anilines is 1. The summed E-state index contributed by atoms with van der Waals surface area (Å²) in [4.78, 5) is 20.7. The first-order valence-corrected chi connectivity index (χ1v) is 9.33. The molecule has 0 aliphatic carbocycles. The van der Waals surface area contributed by atoms with Crippen molar-refractivity contribution in [2.45, 2.75) is 57.5 Å². The van der Waals surface area contributed by atoms with Crippen molar-refractivity contribution in [3.63, 3.8) is 0 Å². The van der Waals surface area contributed by atoms with Crippen LogP contribution in [0.5, 0.6) is 0 Å². The third-order valence-corrected chi connectivity index (χ3v) is 4.19. The Labute approximate surface area is 147 Å². The van der Waals surface area contributed by atoms with Gasteiger partial charge in [-0.25, -0.2) is 14.6 Å². The van der Waals surface area contributed by atoms with Crippen LogP contribution in [0.2, 0.25) is 0 Å². The summed E-state index contributed by atoms with van der Waals surface area (Å²) < 4.78 is 1.83. The molecule has 0 aromatic carbocycles. The maximum atomic E-state index is 11.4. The van der Waals surface area contributed by atoms with Crippen LogP contribution in [-0.4, -0.2) is 44.0 Å². The van der Waals surface area contributed by atoms with E-state index in [0.29, 0.717) is 24.8 Å². The smallest absolute Gasteiger partial charge is 0.219 e. The monoisotopic (exact) mass is 350 g/mol. The molecule has 7 nitrogen and oxygen atoms in total. The van der Waals surface area contributed by atoms with E-state index < -0.39 is 0 Å². The van der Waals surface area contributed by atoms with Crippen LogP contribution in [0.3, 0.4) is 0 Å². The fourth-order valence-corrected chi connectivity index (χ4v) is 2.87. The van der Waals surface area contributed by atoms with Gasteiger partial charge < -0.3 is 10.6 Å². The van der Waals surface area contributed by atoms with Crippen molar-refractivity contribution < 1.29 is 4.79 Å². The van der Waals surface area contributed by atoms with Crippen molar-refractivity contribution in [2.75, 3.05) is 18.4 Å². The zero-order valence-electron chi connectivity index (χ0n) is 14.8. The lowest BCUT2D eigenvalue weighted by Gasteiger charge is -2.10. The van der Waals surface area contributed by atoms with Crippen LogP contribution >= 0.6 is 11.8 Å². The molecule has 0 aliphatic rings. The van der Waals surface area contributed by atoms with Crippen molar-refractivity contribution in [2.24, 2.45) is 0 Å². The van der Waals surface area contributed by atoms with Gasteiger partial charge in [-0.1, -0.05) is 39.5 Å². The molecule has 2 N–H and O–H groups in total. The van der Waals surface area contributed by atoms with Gasteiger partial charge in [0.2, 0.25) is 5.91 Å². The molecule has 0 spiro atoms. The summed E-state index contributed by atoms with van der Waals surface area (Å²) in [7, 11) is 0. The molecule has 0 unspecified atom stereocenters. The zero-order chi connectivity index (χ0) is 17.5. The predicted molar refractivity (Wildman–Crippen MR) is 98.4 cm³/mol. The number of amides is 1. The second kappa shape index (κ2) is 8.86. The number of nitrogens with zero attached hydrogens (tertiary/aromatic N) is 4. The Hall–Kier alpha value is -1.83. The summed E-state index contributed by atoms with van der Waals surface area (Å²) in [5.41, 5.74) is 0.803. The van der Waals surface area contributed by atoms with E-state index in [9.17, 15) is 4.79 Å². The molecule has 0 saturated carbocycles. The second-order valence-corrected chi connectivity index (χ2v) is 7.30. The van der Waals surface area contributed by atoms with Gasteiger partial charge in [-0.3, -0.25) is 4.79 Å². The van der Waals surface area contributed by atoms with E-state index in [1.165, 1.54) is 0 Å². The average molecular weight is 350 g/mol. The normalized spacial score (nSPS) is 11.2. The lowest BCUT2D eigenvalue weighted by molar-refractivity contribution is -0.120. The fraction of sp³-hybridized carbons (Fsp3) is 0.625. The molecule has 24 heavy (non-hydrogen) atoms. The summed E-state index contributed by atoms with van der Waals surface area (Å²) in [5.74, 6) is 0.872. The molecule has 132 valence electrons. The number of fused-ring (bicyclic) bond motifs is 1. The number of aromatic nitrogens is 4. The highest BCUT2D eigenvalue weighted by atomic mass is 32.2. The molecule has 1 amide bonds. The summed E-state index contributed by atoms with van der Waals surface area (Å²) >= 11 is 1.63. The van der Waals surface area contributed by atoms with Crippen LogP contribution in [0.25, 0.3) is 11.0 Å². The number of hydrogen-bond acceptors (Lipinski definition) is 6. The van der Waals surface area contributed by atoms with Gasteiger partial charge >= 0.3 is 0 Å². The SMILES string of the molecule is CCCNc1nc(SC(C)C)nc2c1cnn2CCNC(=O)CC. The molecule has 2 heterocycles. The maximum absolute atomic E-state index is 11.4. The number of nitrogens with one attached hydrogen (secondary N) is 2. The van der Waals surface area contributed by atoms with E-state index >= 15 is 0 Å². The van der Waals surface area contributed by atoms with E-state index in [4.69, 9.17) is 0 Å². The third kappa shape index (κ3) is 4.83. The molecule has 2 rings (SSSR count). The molecular weight excluding hydrogens is 324 g/mol. The summed E-state index contributed by atoms with van der Waals surface area (Å²) in [6.45, 7) is 10.2. The number of carbonyl (C=O) groups is 1. The topological polar surface area (TPSA) is 84.7 Å². The minimum atomic E-state index is 0.0439. The van der Waals surface area contributed by atoms with Crippen LogP contribution in [0.15, 0.2) is 11.4 Å². The Morgan fingerprint density at radius 2 is 2.08 bits per heavy atom. The quantitative estimate of drug-likeness (QED) is 0.534. The average Bonchev–Trinajstić information content (AvgIpc) is 2.95. The highest BCUT2D eigenvalue weighted by Crippen LogP contribution is 2.26. The number of rotatable bonds is 9. The van der Waals surface area contributed by atoms with E-state index in [1.807, 2.05) is 11.6 Å². The molecule has 0 bridgehead atoms. The van der Waals surface area contributed by atoms with Crippen molar-refractivity contribution >= 4 is 34.5 Å². The molecule has 0 atom stereocenters. The van der Waals surface area contributed by atoms with E-state index in [2.05, 4.69) is 46.5 Å². The van der Waals surface area contributed by atoms with Gasteiger partial charge in [-0.05, 0) is 6.42 Å². The zero-order valence-corrected chi connectivity index (χ0v) is 15.6. The van der Waals surface area contributed by atoms with Crippen LogP contribution in [-0.2, 0) is 11.3 Å². The van der Waals surface area contributed by atoms with Crippen molar-refractivity contribution in [3.8, 4) is 0 Å². The van der Waals surface area contributed by atoms with E-state index in [-0.39, 0.29) is 5.91 Å². The lowest BCUT2D eigenvalue weighted by Crippen LogP contribution is -2.26. The highest BCUT2D eigenvalue weighted by molar-refractivity contribution is 7.99. The first-order chi connectivity index (χ1) is 11.5. The van der Waals surface area contributed by atoms with Gasteiger partial charge in [0.05, 0.1) is 18.1 Å². The Morgan fingerprint density at radius 1 is 1.29 bits per heavy atom. The molecule has 8 heteroatoms. The molecule has 0 aliphatic heterocycles. The van der Waals surface area contributed by atoms with E-state index in [1.54, 1.807) is 18.0 Å². The summed E-state index contributed by atoms with van der Waals surface area (Å²) in [6, 6.07) is 0. The van der Waals surface area contributed by atoms with Gasteiger partial charge in [-0.2, -0.15) is 5.10 Å². The van der Waals surface area contributed by atoms with Crippen molar-refractivity contribution in [1.82, 2.24) is 25.1 Å². The van der Waals surface area contributed by atoms with Crippen molar-refractivity contribution in [3.05, 3.63) is 6.20 Å². The molecule has 0 radical (unpaired) electrons. The fourth-order valence-electron chi connectivity index (χ4n) is 2.17. The number of hydrogen-bond donors (Lipinski definition) is 2.